The first-order valence-electron chi connectivity index (χ1n) is 15.1. The molecule has 0 bridgehead atoms. The predicted molar refractivity (Wildman–Crippen MR) is 152 cm³/mol. The maximum Gasteiger partial charge on any atom is 0.200 e. The van der Waals surface area contributed by atoms with E-state index in [1.54, 1.807) is 0 Å². The van der Waals surface area contributed by atoms with Gasteiger partial charge in [-0.2, -0.15) is 0 Å². The highest BCUT2D eigenvalue weighted by atomic mass is 28.4. The molecule has 1 atom stereocenters. The zero-order valence-corrected chi connectivity index (χ0v) is 25.1. The highest BCUT2D eigenvalue weighted by molar-refractivity contribution is 6.77. The van der Waals surface area contributed by atoms with Gasteiger partial charge in [0.25, 0.3) is 0 Å². The minimum absolute atomic E-state index is 0.288. The molecular weight excluding hydrogens is 420 g/mol. The van der Waals surface area contributed by atoms with Crippen LogP contribution in [0.4, 0.5) is 0 Å². The molecule has 3 heteroatoms. The van der Waals surface area contributed by atoms with Crippen molar-refractivity contribution in [3.05, 3.63) is 0 Å². The van der Waals surface area contributed by atoms with Gasteiger partial charge in [-0.3, -0.25) is 0 Å². The molecule has 200 valence electrons. The minimum Gasteiger partial charge on any atom is -0.413 e. The van der Waals surface area contributed by atoms with Gasteiger partial charge in [-0.25, -0.2) is 0 Å². The molecule has 0 aliphatic carbocycles. The van der Waals surface area contributed by atoms with E-state index in [9.17, 15) is 5.11 Å². The Morgan fingerprint density at radius 3 is 1.12 bits per heavy atom. The van der Waals surface area contributed by atoms with Crippen molar-refractivity contribution in [1.29, 1.82) is 0 Å². The Kier molecular flexibility index (Phi) is 21.5. The molecule has 0 heterocycles. The Morgan fingerprint density at radius 1 is 0.515 bits per heavy atom. The quantitative estimate of drug-likeness (QED) is 0.109. The number of aliphatic hydroxyl groups is 1. The predicted octanol–water partition coefficient (Wildman–Crippen LogP) is 10.6. The van der Waals surface area contributed by atoms with Crippen molar-refractivity contribution in [2.45, 2.75) is 187 Å². The summed E-state index contributed by atoms with van der Waals surface area (Å²) < 4.78 is 6.55. The molecule has 0 saturated heterocycles. The van der Waals surface area contributed by atoms with Crippen molar-refractivity contribution < 1.29 is 9.53 Å². The number of unbranched alkanes of at least 4 members (excludes halogenated alkanes) is 16. The van der Waals surface area contributed by atoms with E-state index < -0.39 is 8.32 Å². The van der Waals surface area contributed by atoms with Crippen LogP contribution in [0.2, 0.25) is 16.6 Å². The third-order valence-electron chi connectivity index (χ3n) is 7.87. The lowest BCUT2D eigenvalue weighted by atomic mass is 10.0. The third-order valence-corrected chi connectivity index (χ3v) is 14.0. The van der Waals surface area contributed by atoms with Crippen LogP contribution in [0.3, 0.4) is 0 Å². The molecule has 0 aliphatic rings. The molecule has 0 rings (SSSR count). The molecule has 0 fully saturated rings. The van der Waals surface area contributed by atoms with Crippen LogP contribution in [0.25, 0.3) is 0 Å². The fourth-order valence-corrected chi connectivity index (χ4v) is 11.4. The fraction of sp³-hybridized carbons (Fsp3) is 1.00. The lowest BCUT2D eigenvalue weighted by Gasteiger charge is -2.42. The third kappa shape index (κ3) is 15.7. The van der Waals surface area contributed by atoms with Gasteiger partial charge in [0.2, 0.25) is 0 Å². The Labute approximate surface area is 211 Å². The molecule has 0 aromatic rings. The Morgan fingerprint density at radius 2 is 0.818 bits per heavy atom. The summed E-state index contributed by atoms with van der Waals surface area (Å²) in [5.41, 5.74) is 1.76. The number of rotatable bonds is 24. The summed E-state index contributed by atoms with van der Waals surface area (Å²) in [7, 11) is -1.84. The van der Waals surface area contributed by atoms with E-state index >= 15 is 0 Å². The van der Waals surface area contributed by atoms with Gasteiger partial charge in [0, 0.05) is 0 Å². The molecule has 0 amide bonds. The van der Waals surface area contributed by atoms with Crippen molar-refractivity contribution in [2.24, 2.45) is 0 Å². The molecule has 0 aromatic carbocycles. The number of hydrogen-bond acceptors (Lipinski definition) is 2. The van der Waals surface area contributed by atoms with E-state index in [2.05, 4.69) is 48.5 Å². The van der Waals surface area contributed by atoms with E-state index in [4.69, 9.17) is 4.43 Å². The van der Waals surface area contributed by atoms with E-state index in [-0.39, 0.29) is 6.10 Å². The first kappa shape index (κ1) is 33.1. The van der Waals surface area contributed by atoms with Crippen LogP contribution in [-0.4, -0.2) is 26.1 Å². The SMILES string of the molecule is CCCCCCCCCCCCCCCCCCC[C@@H](O)CO[Si](C(C)C)(C(C)C)C(C)C. The van der Waals surface area contributed by atoms with E-state index in [0.717, 1.165) is 12.8 Å². The highest BCUT2D eigenvalue weighted by Gasteiger charge is 2.45. The maximum absolute atomic E-state index is 10.5. The summed E-state index contributed by atoms with van der Waals surface area (Å²) in [5.74, 6) is 0. The van der Waals surface area contributed by atoms with E-state index in [1.165, 1.54) is 103 Å². The van der Waals surface area contributed by atoms with E-state index in [0.29, 0.717) is 23.2 Å². The summed E-state index contributed by atoms with van der Waals surface area (Å²) in [5, 5.41) is 10.5. The topological polar surface area (TPSA) is 29.5 Å². The molecule has 0 aromatic heterocycles. The van der Waals surface area contributed by atoms with Crippen molar-refractivity contribution >= 4 is 8.32 Å². The first-order chi connectivity index (χ1) is 15.8. The number of aliphatic hydroxyl groups excluding tert-OH is 1. The van der Waals surface area contributed by atoms with Crippen LogP contribution in [0.15, 0.2) is 0 Å². The Hall–Kier alpha value is 0.137. The van der Waals surface area contributed by atoms with Crippen LogP contribution in [0.5, 0.6) is 0 Å². The largest absolute Gasteiger partial charge is 0.413 e. The summed E-state index contributed by atoms with van der Waals surface area (Å²) in [6.07, 6.45) is 24.4. The Balaban J connectivity index is 3.58. The lowest BCUT2D eigenvalue weighted by Crippen LogP contribution is -2.49. The lowest BCUT2D eigenvalue weighted by molar-refractivity contribution is 0.0883. The van der Waals surface area contributed by atoms with Crippen LogP contribution in [0, 0.1) is 0 Å². The standard InChI is InChI=1S/C30H64O2Si/c1-8-9-10-11-12-13-14-15-16-17-18-19-20-21-22-23-24-25-30(31)26-32-33(27(2)3,28(4)5)29(6)7/h27-31H,8-26H2,1-7H3/t30-/m1/s1. The zero-order valence-electron chi connectivity index (χ0n) is 24.1. The second-order valence-electron chi connectivity index (χ2n) is 11.7. The fourth-order valence-electron chi connectivity index (χ4n) is 5.93. The molecule has 1 N–H and O–H groups in total. The van der Waals surface area contributed by atoms with Gasteiger partial charge in [-0.1, -0.05) is 158 Å². The molecule has 2 nitrogen and oxygen atoms in total. The summed E-state index contributed by atoms with van der Waals surface area (Å²) in [6, 6.07) is 0. The van der Waals surface area contributed by atoms with Crippen LogP contribution in [-0.2, 0) is 4.43 Å². The van der Waals surface area contributed by atoms with E-state index in [1.807, 2.05) is 0 Å². The average Bonchev–Trinajstić information content (AvgIpc) is 2.75. The molecule has 0 spiro atoms. The van der Waals surface area contributed by atoms with Crippen molar-refractivity contribution in [3.8, 4) is 0 Å². The molecular formula is C30H64O2Si. The van der Waals surface area contributed by atoms with Gasteiger partial charge in [0.1, 0.15) is 0 Å². The smallest absolute Gasteiger partial charge is 0.200 e. The van der Waals surface area contributed by atoms with Gasteiger partial charge in [0.05, 0.1) is 12.7 Å². The molecule has 0 aliphatic heterocycles. The average molecular weight is 485 g/mol. The van der Waals surface area contributed by atoms with Gasteiger partial charge >= 0.3 is 0 Å². The second kappa shape index (κ2) is 21.4. The summed E-state index contributed by atoms with van der Waals surface area (Å²) in [4.78, 5) is 0. The van der Waals surface area contributed by atoms with Gasteiger partial charge < -0.3 is 9.53 Å². The monoisotopic (exact) mass is 484 g/mol. The van der Waals surface area contributed by atoms with Crippen LogP contribution < -0.4 is 0 Å². The summed E-state index contributed by atoms with van der Waals surface area (Å²) >= 11 is 0. The maximum atomic E-state index is 10.5. The number of hydrogen-bond donors (Lipinski definition) is 1. The van der Waals surface area contributed by atoms with Crippen LogP contribution >= 0.6 is 0 Å². The van der Waals surface area contributed by atoms with Crippen molar-refractivity contribution in [1.82, 2.24) is 0 Å². The van der Waals surface area contributed by atoms with Gasteiger partial charge in [0.15, 0.2) is 8.32 Å². The van der Waals surface area contributed by atoms with Crippen molar-refractivity contribution in [2.75, 3.05) is 6.61 Å². The highest BCUT2D eigenvalue weighted by Crippen LogP contribution is 2.42. The summed E-state index contributed by atoms with van der Waals surface area (Å²) in [6.45, 7) is 16.7. The molecule has 0 radical (unpaired) electrons. The first-order valence-corrected chi connectivity index (χ1v) is 17.2. The molecule has 0 unspecified atom stereocenters. The zero-order chi connectivity index (χ0) is 25.0. The molecule has 33 heavy (non-hydrogen) atoms. The van der Waals surface area contributed by atoms with Gasteiger partial charge in [-0.15, -0.1) is 0 Å². The van der Waals surface area contributed by atoms with Gasteiger partial charge in [-0.05, 0) is 23.0 Å². The second-order valence-corrected chi connectivity index (χ2v) is 17.2. The molecule has 0 saturated carbocycles. The minimum atomic E-state index is -1.84. The van der Waals surface area contributed by atoms with Crippen molar-refractivity contribution in [3.63, 3.8) is 0 Å². The Bertz CT molecular complexity index is 386. The van der Waals surface area contributed by atoms with Crippen LogP contribution in [0.1, 0.15) is 164 Å². The normalized spacial score (nSPS) is 13.5.